The van der Waals surface area contributed by atoms with Gasteiger partial charge in [0.1, 0.15) is 5.82 Å². The minimum atomic E-state index is -0.209. The minimum absolute atomic E-state index is 0.0230. The van der Waals surface area contributed by atoms with E-state index in [0.717, 1.165) is 33.0 Å². The Balaban J connectivity index is 1.48. The quantitative estimate of drug-likeness (QED) is 0.638. The van der Waals surface area contributed by atoms with Gasteiger partial charge in [-0.1, -0.05) is 17.7 Å². The summed E-state index contributed by atoms with van der Waals surface area (Å²) in [6.07, 6.45) is 8.38. The summed E-state index contributed by atoms with van der Waals surface area (Å²) < 4.78 is 0. The molecule has 2 aromatic heterocycles. The predicted octanol–water partition coefficient (Wildman–Crippen LogP) is 3.05. The number of fused-ring (bicyclic) bond motifs is 1. The Labute approximate surface area is 181 Å². The first-order valence-corrected chi connectivity index (χ1v) is 10.3. The first-order chi connectivity index (χ1) is 15.0. The van der Waals surface area contributed by atoms with Gasteiger partial charge in [-0.2, -0.15) is 0 Å². The molecule has 0 atom stereocenters. The van der Waals surface area contributed by atoms with E-state index in [1.807, 2.05) is 24.4 Å². The third-order valence-corrected chi connectivity index (χ3v) is 5.59. The molecule has 7 heteroatoms. The van der Waals surface area contributed by atoms with Gasteiger partial charge in [0.25, 0.3) is 0 Å². The molecule has 31 heavy (non-hydrogen) atoms. The first kappa shape index (κ1) is 20.7. The summed E-state index contributed by atoms with van der Waals surface area (Å²) in [5.41, 5.74) is 9.74. The lowest BCUT2D eigenvalue weighted by Gasteiger charge is -2.28. The van der Waals surface area contributed by atoms with Crippen molar-refractivity contribution in [1.82, 2.24) is 14.9 Å². The normalized spacial score (nSPS) is 13.9. The van der Waals surface area contributed by atoms with Crippen molar-refractivity contribution in [2.45, 2.75) is 19.8 Å². The van der Waals surface area contributed by atoms with Crippen molar-refractivity contribution in [2.24, 2.45) is 5.73 Å². The van der Waals surface area contributed by atoms with Crippen LogP contribution in [-0.4, -0.2) is 46.3 Å². The highest BCUT2D eigenvalue weighted by molar-refractivity contribution is 6.00. The number of aromatic nitrogens is 2. The monoisotopic (exact) mass is 415 g/mol. The number of piperidine rings is 1. The molecule has 3 heterocycles. The molecule has 1 saturated heterocycles. The lowest BCUT2D eigenvalue weighted by atomic mass is 10.0. The van der Waals surface area contributed by atoms with E-state index >= 15 is 0 Å². The number of benzene rings is 1. The Bertz CT molecular complexity index is 1160. The maximum absolute atomic E-state index is 12.5. The number of aryl methyl sites for hydroxylation is 1. The molecule has 2 amide bonds. The zero-order valence-electron chi connectivity index (χ0n) is 17.5. The fraction of sp³-hybridized carbons (Fsp3) is 0.250. The van der Waals surface area contributed by atoms with Gasteiger partial charge in [0.2, 0.25) is 11.8 Å². The molecule has 3 aromatic rings. The number of carbonyl (C=O) groups is 2. The van der Waals surface area contributed by atoms with Crippen LogP contribution in [0.4, 0.5) is 5.82 Å². The lowest BCUT2D eigenvalue weighted by Crippen LogP contribution is -2.40. The average Bonchev–Trinajstić information content (AvgIpc) is 2.79. The molecule has 0 aliphatic carbocycles. The van der Waals surface area contributed by atoms with Crippen LogP contribution in [0.25, 0.3) is 21.9 Å². The van der Waals surface area contributed by atoms with Gasteiger partial charge in [-0.05, 0) is 54.5 Å². The van der Waals surface area contributed by atoms with Crippen LogP contribution >= 0.6 is 0 Å². The Morgan fingerprint density at radius 3 is 2.68 bits per heavy atom. The lowest BCUT2D eigenvalue weighted by molar-refractivity contribution is -0.130. The maximum Gasteiger partial charge on any atom is 0.249 e. The average molecular weight is 415 g/mol. The molecule has 0 bridgehead atoms. The second-order valence-corrected chi connectivity index (χ2v) is 7.70. The van der Waals surface area contributed by atoms with Crippen molar-refractivity contribution >= 4 is 28.4 Å². The number of amides is 2. The van der Waals surface area contributed by atoms with Gasteiger partial charge >= 0.3 is 0 Å². The molecule has 4 rings (SSSR count). The van der Waals surface area contributed by atoms with E-state index in [2.05, 4.69) is 34.3 Å². The fourth-order valence-electron chi connectivity index (χ4n) is 3.81. The first-order valence-electron chi connectivity index (χ1n) is 10.3. The number of nitrogens with two attached hydrogens (primary N) is 1. The second kappa shape index (κ2) is 9.06. The Hall–Kier alpha value is -3.58. The van der Waals surface area contributed by atoms with Gasteiger partial charge in [0.05, 0.1) is 6.54 Å². The summed E-state index contributed by atoms with van der Waals surface area (Å²) in [5, 5.41) is 4.85. The molecule has 1 aliphatic rings. The number of hydrogen-bond donors (Lipinski definition) is 2. The zero-order chi connectivity index (χ0) is 21.8. The van der Waals surface area contributed by atoms with Crippen LogP contribution in [-0.2, 0) is 9.59 Å². The highest BCUT2D eigenvalue weighted by atomic mass is 16.2. The summed E-state index contributed by atoms with van der Waals surface area (Å²) in [5.74, 6) is 0.245. The van der Waals surface area contributed by atoms with Crippen molar-refractivity contribution in [1.29, 1.82) is 0 Å². The van der Waals surface area contributed by atoms with E-state index in [9.17, 15) is 9.59 Å². The number of pyridine rings is 2. The van der Waals surface area contributed by atoms with Gasteiger partial charge in [0.15, 0.2) is 0 Å². The highest BCUT2D eigenvalue weighted by Crippen LogP contribution is 2.27. The van der Waals surface area contributed by atoms with E-state index in [1.54, 1.807) is 23.4 Å². The predicted molar refractivity (Wildman–Crippen MR) is 121 cm³/mol. The minimum Gasteiger partial charge on any atom is -0.341 e. The third-order valence-electron chi connectivity index (χ3n) is 5.59. The number of likely N-dealkylation sites (tertiary alicyclic amines) is 1. The topological polar surface area (TPSA) is 101 Å². The summed E-state index contributed by atoms with van der Waals surface area (Å²) in [4.78, 5) is 34.5. The number of rotatable bonds is 4. The van der Waals surface area contributed by atoms with E-state index in [-0.39, 0.29) is 18.4 Å². The standard InChI is InChI=1S/C24H25N5O2/c1-16-4-7-26-15-21(16)18-2-3-19-14-27-22(12-20(19)11-18)28-23(30)10-17-5-8-29(9-6-17)24(31)13-25/h2-4,7,10-12,14-15H,5-6,8-9,13,25H2,1H3,(H,27,28,30). The van der Waals surface area contributed by atoms with Crippen molar-refractivity contribution < 1.29 is 9.59 Å². The molecular formula is C24H25N5O2. The van der Waals surface area contributed by atoms with Crippen LogP contribution in [0, 0.1) is 6.92 Å². The van der Waals surface area contributed by atoms with Crippen LogP contribution in [0.1, 0.15) is 18.4 Å². The van der Waals surface area contributed by atoms with Crippen LogP contribution < -0.4 is 11.1 Å². The molecule has 158 valence electrons. The van der Waals surface area contributed by atoms with Crippen molar-refractivity contribution in [2.75, 3.05) is 25.0 Å². The van der Waals surface area contributed by atoms with Crippen LogP contribution in [0.2, 0.25) is 0 Å². The molecule has 0 unspecified atom stereocenters. The Kier molecular flexibility index (Phi) is 6.04. The molecule has 1 aliphatic heterocycles. The molecule has 7 nitrogen and oxygen atoms in total. The zero-order valence-corrected chi connectivity index (χ0v) is 17.5. The van der Waals surface area contributed by atoms with E-state index in [4.69, 9.17) is 5.73 Å². The maximum atomic E-state index is 12.5. The van der Waals surface area contributed by atoms with Gasteiger partial charge in [-0.15, -0.1) is 0 Å². The molecule has 0 spiro atoms. The van der Waals surface area contributed by atoms with Crippen molar-refractivity contribution in [3.8, 4) is 11.1 Å². The van der Waals surface area contributed by atoms with Crippen molar-refractivity contribution in [3.63, 3.8) is 0 Å². The molecule has 0 saturated carbocycles. The van der Waals surface area contributed by atoms with E-state index < -0.39 is 0 Å². The SMILES string of the molecule is Cc1ccncc1-c1ccc2cnc(NC(=O)C=C3CCN(C(=O)CN)CC3)cc2c1. The van der Waals surface area contributed by atoms with Gasteiger partial charge in [-0.25, -0.2) is 4.98 Å². The molecule has 1 aromatic carbocycles. The smallest absolute Gasteiger partial charge is 0.249 e. The molecular weight excluding hydrogens is 390 g/mol. The van der Waals surface area contributed by atoms with E-state index in [0.29, 0.717) is 31.7 Å². The largest absolute Gasteiger partial charge is 0.341 e. The summed E-state index contributed by atoms with van der Waals surface area (Å²) >= 11 is 0. The van der Waals surface area contributed by atoms with Gasteiger partial charge in [-0.3, -0.25) is 14.6 Å². The Morgan fingerprint density at radius 2 is 1.94 bits per heavy atom. The fourth-order valence-corrected chi connectivity index (χ4v) is 3.81. The molecule has 3 N–H and O–H groups in total. The number of hydrogen-bond acceptors (Lipinski definition) is 5. The summed E-state index contributed by atoms with van der Waals surface area (Å²) in [6, 6.07) is 10.0. The second-order valence-electron chi connectivity index (χ2n) is 7.70. The molecule has 0 radical (unpaired) electrons. The van der Waals surface area contributed by atoms with Crippen LogP contribution in [0.5, 0.6) is 0 Å². The Morgan fingerprint density at radius 1 is 1.13 bits per heavy atom. The highest BCUT2D eigenvalue weighted by Gasteiger charge is 2.18. The summed E-state index contributed by atoms with van der Waals surface area (Å²) in [7, 11) is 0. The van der Waals surface area contributed by atoms with Crippen molar-refractivity contribution in [3.05, 3.63) is 66.1 Å². The number of anilines is 1. The van der Waals surface area contributed by atoms with E-state index in [1.165, 1.54) is 0 Å². The van der Waals surface area contributed by atoms with Crippen LogP contribution in [0.15, 0.2) is 60.6 Å². The molecule has 1 fully saturated rings. The number of nitrogens with zero attached hydrogens (tertiary/aromatic N) is 3. The van der Waals surface area contributed by atoms with Crippen LogP contribution in [0.3, 0.4) is 0 Å². The summed E-state index contributed by atoms with van der Waals surface area (Å²) in [6.45, 7) is 3.28. The number of nitrogens with one attached hydrogen (secondary N) is 1. The number of carbonyl (C=O) groups excluding carboxylic acids is 2. The van der Waals surface area contributed by atoms with Gasteiger partial charge in [0, 0.05) is 48.7 Å². The third kappa shape index (κ3) is 4.78. The van der Waals surface area contributed by atoms with Gasteiger partial charge < -0.3 is 16.0 Å².